The molecule has 1 aromatic carbocycles. The second kappa shape index (κ2) is 7.02. The monoisotopic (exact) mass is 318 g/mol. The number of carbonyl (C=O) groups excluding carboxylic acids is 2. The van der Waals surface area contributed by atoms with Crippen LogP contribution < -0.4 is 4.74 Å². The van der Waals surface area contributed by atoms with Crippen LogP contribution in [0.25, 0.3) is 0 Å². The molecule has 126 valence electrons. The zero-order valence-electron chi connectivity index (χ0n) is 14.5. The highest BCUT2D eigenvalue weighted by Gasteiger charge is 2.30. The molecular formula is C18H26N2O3. The summed E-state index contributed by atoms with van der Waals surface area (Å²) in [4.78, 5) is 28.9. The van der Waals surface area contributed by atoms with Crippen molar-refractivity contribution < 1.29 is 14.3 Å². The number of methoxy groups -OCH3 is 1. The van der Waals surface area contributed by atoms with Crippen molar-refractivity contribution >= 4 is 11.8 Å². The van der Waals surface area contributed by atoms with Crippen molar-refractivity contribution in [2.45, 2.75) is 27.2 Å². The lowest BCUT2D eigenvalue weighted by Gasteiger charge is -2.28. The van der Waals surface area contributed by atoms with Gasteiger partial charge in [-0.1, -0.05) is 32.9 Å². The average Bonchev–Trinajstić information content (AvgIpc) is 2.78. The topological polar surface area (TPSA) is 49.9 Å². The molecule has 5 heteroatoms. The molecule has 0 aliphatic carbocycles. The van der Waals surface area contributed by atoms with Crippen LogP contribution in [0.2, 0.25) is 0 Å². The van der Waals surface area contributed by atoms with Crippen molar-refractivity contribution in [3.8, 4) is 5.75 Å². The van der Waals surface area contributed by atoms with Gasteiger partial charge in [-0.15, -0.1) is 0 Å². The predicted octanol–water partition coefficient (Wildman–Crippen LogP) is 2.42. The third-order valence-electron chi connectivity index (χ3n) is 4.05. The molecule has 2 rings (SSSR count). The first-order valence-electron chi connectivity index (χ1n) is 8.06. The van der Waals surface area contributed by atoms with Gasteiger partial charge in [-0.2, -0.15) is 0 Å². The summed E-state index contributed by atoms with van der Waals surface area (Å²) in [5.74, 6) is 0.695. The standard InChI is InChI=1S/C18H26N2O3/c1-18(2,3)17(22)20-11-7-10-19(12-13-20)16(21)14-8-5-6-9-15(14)23-4/h5-6,8-9H,7,10-13H2,1-4H3. The Hall–Kier alpha value is -2.04. The van der Waals surface area contributed by atoms with Gasteiger partial charge < -0.3 is 14.5 Å². The van der Waals surface area contributed by atoms with Gasteiger partial charge in [0.05, 0.1) is 12.7 Å². The van der Waals surface area contributed by atoms with Crippen LogP contribution in [0.3, 0.4) is 0 Å². The Morgan fingerprint density at radius 2 is 1.61 bits per heavy atom. The summed E-state index contributed by atoms with van der Waals surface area (Å²) in [6.45, 7) is 8.28. The van der Waals surface area contributed by atoms with E-state index in [1.807, 2.05) is 42.7 Å². The molecule has 0 atom stereocenters. The van der Waals surface area contributed by atoms with Crippen LogP contribution in [0.5, 0.6) is 5.75 Å². The van der Waals surface area contributed by atoms with E-state index in [1.54, 1.807) is 19.2 Å². The molecule has 1 fully saturated rings. The molecule has 23 heavy (non-hydrogen) atoms. The summed E-state index contributed by atoms with van der Waals surface area (Å²) < 4.78 is 5.28. The summed E-state index contributed by atoms with van der Waals surface area (Å²) in [6, 6.07) is 7.26. The minimum atomic E-state index is -0.387. The number of para-hydroxylation sites is 1. The number of hydrogen-bond acceptors (Lipinski definition) is 3. The first-order valence-corrected chi connectivity index (χ1v) is 8.06. The Bertz CT molecular complexity index is 578. The van der Waals surface area contributed by atoms with E-state index in [-0.39, 0.29) is 17.2 Å². The maximum atomic E-state index is 12.7. The Morgan fingerprint density at radius 1 is 1.00 bits per heavy atom. The number of benzene rings is 1. The van der Waals surface area contributed by atoms with Gasteiger partial charge in [-0.25, -0.2) is 0 Å². The van der Waals surface area contributed by atoms with Gasteiger partial charge in [-0.3, -0.25) is 9.59 Å². The smallest absolute Gasteiger partial charge is 0.257 e. The highest BCUT2D eigenvalue weighted by molar-refractivity contribution is 5.97. The summed E-state index contributed by atoms with van der Waals surface area (Å²) in [5, 5.41) is 0. The lowest BCUT2D eigenvalue weighted by molar-refractivity contribution is -0.139. The van der Waals surface area contributed by atoms with E-state index >= 15 is 0 Å². The number of amides is 2. The molecule has 0 spiro atoms. The van der Waals surface area contributed by atoms with Crippen LogP contribution in [-0.2, 0) is 4.79 Å². The molecule has 0 saturated carbocycles. The van der Waals surface area contributed by atoms with E-state index in [2.05, 4.69) is 0 Å². The molecule has 1 aliphatic heterocycles. The summed E-state index contributed by atoms with van der Waals surface area (Å²) in [5.41, 5.74) is 0.188. The molecule has 2 amide bonds. The van der Waals surface area contributed by atoms with Crippen molar-refractivity contribution in [1.82, 2.24) is 9.80 Å². The molecular weight excluding hydrogens is 292 g/mol. The van der Waals surface area contributed by atoms with Crippen LogP contribution in [0.1, 0.15) is 37.6 Å². The highest BCUT2D eigenvalue weighted by Crippen LogP contribution is 2.22. The Labute approximate surface area is 138 Å². The van der Waals surface area contributed by atoms with Crippen LogP contribution in [0.4, 0.5) is 0 Å². The van der Waals surface area contributed by atoms with E-state index in [9.17, 15) is 9.59 Å². The molecule has 1 saturated heterocycles. The maximum absolute atomic E-state index is 12.7. The van der Waals surface area contributed by atoms with Crippen LogP contribution >= 0.6 is 0 Å². The largest absolute Gasteiger partial charge is 0.496 e. The second-order valence-corrected chi connectivity index (χ2v) is 6.89. The fraction of sp³-hybridized carbons (Fsp3) is 0.556. The van der Waals surface area contributed by atoms with E-state index < -0.39 is 0 Å². The van der Waals surface area contributed by atoms with Crippen LogP contribution in [-0.4, -0.2) is 54.9 Å². The van der Waals surface area contributed by atoms with Crippen molar-refractivity contribution in [3.63, 3.8) is 0 Å². The zero-order chi connectivity index (χ0) is 17.0. The molecule has 0 unspecified atom stereocenters. The fourth-order valence-electron chi connectivity index (χ4n) is 2.79. The van der Waals surface area contributed by atoms with Gasteiger partial charge in [0.25, 0.3) is 5.91 Å². The lowest BCUT2D eigenvalue weighted by atomic mass is 9.94. The molecule has 0 bridgehead atoms. The van der Waals surface area contributed by atoms with Gasteiger partial charge in [0, 0.05) is 31.6 Å². The molecule has 0 aromatic heterocycles. The van der Waals surface area contributed by atoms with Crippen LogP contribution in [0.15, 0.2) is 24.3 Å². The van der Waals surface area contributed by atoms with Gasteiger partial charge >= 0.3 is 0 Å². The third kappa shape index (κ3) is 4.03. The van der Waals surface area contributed by atoms with Gasteiger partial charge in [0.1, 0.15) is 5.75 Å². The zero-order valence-corrected chi connectivity index (χ0v) is 14.5. The quantitative estimate of drug-likeness (QED) is 0.841. The maximum Gasteiger partial charge on any atom is 0.257 e. The second-order valence-electron chi connectivity index (χ2n) is 6.89. The average molecular weight is 318 g/mol. The van der Waals surface area contributed by atoms with E-state index in [0.29, 0.717) is 37.5 Å². The fourth-order valence-corrected chi connectivity index (χ4v) is 2.79. The lowest BCUT2D eigenvalue weighted by Crippen LogP contribution is -2.42. The normalized spacial score (nSPS) is 16.0. The van der Waals surface area contributed by atoms with Crippen molar-refractivity contribution in [2.24, 2.45) is 5.41 Å². The third-order valence-corrected chi connectivity index (χ3v) is 4.05. The van der Waals surface area contributed by atoms with Gasteiger partial charge in [0.15, 0.2) is 0 Å². The van der Waals surface area contributed by atoms with Crippen LogP contribution in [0, 0.1) is 5.41 Å². The minimum absolute atomic E-state index is 0.0347. The van der Waals surface area contributed by atoms with Crippen molar-refractivity contribution in [1.29, 1.82) is 0 Å². The Morgan fingerprint density at radius 3 is 2.26 bits per heavy atom. The van der Waals surface area contributed by atoms with E-state index in [0.717, 1.165) is 6.42 Å². The Balaban J connectivity index is 2.08. The molecule has 1 heterocycles. The number of carbonyl (C=O) groups is 2. The summed E-state index contributed by atoms with van der Waals surface area (Å²) >= 11 is 0. The number of nitrogens with zero attached hydrogens (tertiary/aromatic N) is 2. The summed E-state index contributed by atoms with van der Waals surface area (Å²) in [6.07, 6.45) is 0.794. The predicted molar refractivity (Wildman–Crippen MR) is 89.5 cm³/mol. The van der Waals surface area contributed by atoms with Gasteiger partial charge in [0.2, 0.25) is 5.91 Å². The SMILES string of the molecule is COc1ccccc1C(=O)N1CCCN(C(=O)C(C)(C)C)CC1. The molecule has 0 radical (unpaired) electrons. The molecule has 5 nitrogen and oxygen atoms in total. The first-order chi connectivity index (χ1) is 10.8. The van der Waals surface area contributed by atoms with Crippen molar-refractivity contribution in [3.05, 3.63) is 29.8 Å². The summed E-state index contributed by atoms with van der Waals surface area (Å²) in [7, 11) is 1.57. The number of ether oxygens (including phenoxy) is 1. The Kier molecular flexibility index (Phi) is 5.29. The van der Waals surface area contributed by atoms with E-state index in [1.165, 1.54) is 0 Å². The number of rotatable bonds is 2. The number of hydrogen-bond donors (Lipinski definition) is 0. The first kappa shape index (κ1) is 17.3. The van der Waals surface area contributed by atoms with Gasteiger partial charge in [-0.05, 0) is 18.6 Å². The van der Waals surface area contributed by atoms with E-state index in [4.69, 9.17) is 4.74 Å². The minimum Gasteiger partial charge on any atom is -0.496 e. The molecule has 1 aliphatic rings. The molecule has 0 N–H and O–H groups in total. The van der Waals surface area contributed by atoms with Crippen molar-refractivity contribution in [2.75, 3.05) is 33.3 Å². The molecule has 1 aromatic rings. The highest BCUT2D eigenvalue weighted by atomic mass is 16.5.